The molecule has 0 saturated carbocycles. The van der Waals surface area contributed by atoms with E-state index in [2.05, 4.69) is 35.6 Å². The molecule has 0 fully saturated rings. The molecule has 5 aromatic carbocycles. The lowest BCUT2D eigenvalue weighted by Gasteiger charge is -2.20. The minimum Gasteiger partial charge on any atom is -0.445 e. The van der Waals surface area contributed by atoms with Gasteiger partial charge in [-0.3, -0.25) is 0 Å². The molecule has 32 heavy (non-hydrogen) atoms. The normalized spacial score (nSPS) is 11.0. The molecule has 5 aromatic rings. The van der Waals surface area contributed by atoms with Crippen molar-refractivity contribution in [3.05, 3.63) is 132 Å². The van der Waals surface area contributed by atoms with Gasteiger partial charge in [0.2, 0.25) is 0 Å². The molecule has 156 valence electrons. The zero-order chi connectivity index (χ0) is 21.8. The Balaban J connectivity index is 1.42. The number of amides is 1. The van der Waals surface area contributed by atoms with Crippen LogP contribution in [-0.4, -0.2) is 6.09 Å². The summed E-state index contributed by atoms with van der Waals surface area (Å²) < 4.78 is 5.77. The highest BCUT2D eigenvalue weighted by atomic mass is 16.5. The summed E-state index contributed by atoms with van der Waals surface area (Å²) in [6, 6.07) is 38.2. The molecule has 0 spiro atoms. The lowest BCUT2D eigenvalue weighted by molar-refractivity contribution is 0.138. The molecular formula is C29H23NO2. The number of hydrogen-bond donors (Lipinski definition) is 1. The maximum atomic E-state index is 12.9. The number of rotatable bonds is 5. The van der Waals surface area contributed by atoms with Gasteiger partial charge in [0.05, 0.1) is 6.04 Å². The third-order valence-electron chi connectivity index (χ3n) is 5.76. The Bertz CT molecular complexity index is 1270. The number of carbonyl (C=O) groups excluding carboxylic acids is 1. The van der Waals surface area contributed by atoms with E-state index in [1.54, 1.807) is 0 Å². The summed E-state index contributed by atoms with van der Waals surface area (Å²) in [5, 5.41) is 7.52. The van der Waals surface area contributed by atoms with E-state index in [9.17, 15) is 4.79 Å². The zero-order valence-corrected chi connectivity index (χ0v) is 17.6. The Kier molecular flexibility index (Phi) is 5.54. The van der Waals surface area contributed by atoms with Crippen molar-refractivity contribution in [3.63, 3.8) is 0 Å². The Morgan fingerprint density at radius 3 is 1.66 bits per heavy atom. The van der Waals surface area contributed by atoms with E-state index in [-0.39, 0.29) is 12.6 Å². The number of nitrogens with one attached hydrogen (secondary N) is 1. The third kappa shape index (κ3) is 4.06. The summed E-state index contributed by atoms with van der Waals surface area (Å²) in [5.41, 5.74) is 3.03. The van der Waals surface area contributed by atoms with Crippen LogP contribution in [0.25, 0.3) is 21.5 Å². The molecule has 3 nitrogen and oxygen atoms in total. The second-order valence-corrected chi connectivity index (χ2v) is 7.77. The summed E-state index contributed by atoms with van der Waals surface area (Å²) in [4.78, 5) is 12.9. The van der Waals surface area contributed by atoms with E-state index < -0.39 is 6.09 Å². The number of ether oxygens (including phenoxy) is 1. The number of fused-ring (bicyclic) bond motifs is 2. The van der Waals surface area contributed by atoms with Crippen LogP contribution in [0.2, 0.25) is 0 Å². The summed E-state index contributed by atoms with van der Waals surface area (Å²) in [6.45, 7) is 0.198. The maximum Gasteiger partial charge on any atom is 0.408 e. The Labute approximate surface area is 187 Å². The predicted octanol–water partition coefficient (Wildman–Crippen LogP) is 7.01. The topological polar surface area (TPSA) is 38.3 Å². The molecule has 0 aliphatic carbocycles. The van der Waals surface area contributed by atoms with Crippen LogP contribution in [0.3, 0.4) is 0 Å². The molecule has 0 aliphatic rings. The highest BCUT2D eigenvalue weighted by Gasteiger charge is 2.18. The SMILES string of the molecule is O=C(NC(c1ccccc1)c1ccccc1)OCc1c2ccccc2cc2ccccc12. The van der Waals surface area contributed by atoms with Gasteiger partial charge in [0.15, 0.2) is 0 Å². The van der Waals surface area contributed by atoms with Crippen LogP contribution in [0, 0.1) is 0 Å². The van der Waals surface area contributed by atoms with E-state index >= 15 is 0 Å². The van der Waals surface area contributed by atoms with Gasteiger partial charge in [-0.1, -0.05) is 109 Å². The molecule has 0 aliphatic heterocycles. The van der Waals surface area contributed by atoms with Gasteiger partial charge in [-0.15, -0.1) is 0 Å². The van der Waals surface area contributed by atoms with E-state index in [0.717, 1.165) is 38.2 Å². The first-order valence-electron chi connectivity index (χ1n) is 10.7. The lowest BCUT2D eigenvalue weighted by atomic mass is 9.97. The average molecular weight is 418 g/mol. The van der Waals surface area contributed by atoms with Crippen molar-refractivity contribution >= 4 is 27.6 Å². The van der Waals surface area contributed by atoms with Crippen LogP contribution < -0.4 is 5.32 Å². The van der Waals surface area contributed by atoms with Gasteiger partial charge >= 0.3 is 6.09 Å². The fourth-order valence-electron chi connectivity index (χ4n) is 4.21. The van der Waals surface area contributed by atoms with Crippen molar-refractivity contribution in [2.24, 2.45) is 0 Å². The molecule has 0 atom stereocenters. The highest BCUT2D eigenvalue weighted by molar-refractivity contribution is 6.02. The maximum absolute atomic E-state index is 12.9. The van der Waals surface area contributed by atoms with Gasteiger partial charge in [0.1, 0.15) is 6.61 Å². The van der Waals surface area contributed by atoms with Gasteiger partial charge < -0.3 is 10.1 Å². The summed E-state index contributed by atoms with van der Waals surface area (Å²) >= 11 is 0. The number of alkyl carbamates (subject to hydrolysis) is 1. The standard InChI is InChI=1S/C29H23NO2/c31-29(30-28(21-11-3-1-4-12-21)22-13-5-2-6-14-22)32-20-27-25-17-9-7-15-23(25)19-24-16-8-10-18-26(24)27/h1-19,28H,20H2,(H,30,31). The predicted molar refractivity (Wildman–Crippen MR) is 130 cm³/mol. The zero-order valence-electron chi connectivity index (χ0n) is 17.6. The number of benzene rings is 5. The van der Waals surface area contributed by atoms with Crippen LogP contribution in [0.4, 0.5) is 4.79 Å². The monoisotopic (exact) mass is 417 g/mol. The molecule has 0 aromatic heterocycles. The largest absolute Gasteiger partial charge is 0.445 e. The van der Waals surface area contributed by atoms with Gasteiger partial charge in [-0.2, -0.15) is 0 Å². The van der Waals surface area contributed by atoms with E-state index in [0.29, 0.717) is 0 Å². The van der Waals surface area contributed by atoms with Crippen LogP contribution in [0.1, 0.15) is 22.7 Å². The molecule has 5 rings (SSSR count). The first-order valence-corrected chi connectivity index (χ1v) is 10.7. The molecule has 0 radical (unpaired) electrons. The fourth-order valence-corrected chi connectivity index (χ4v) is 4.21. The Morgan fingerprint density at radius 2 is 1.12 bits per heavy atom. The second kappa shape index (κ2) is 8.94. The van der Waals surface area contributed by atoms with Crippen LogP contribution in [0.5, 0.6) is 0 Å². The molecule has 0 heterocycles. The van der Waals surface area contributed by atoms with Crippen LogP contribution >= 0.6 is 0 Å². The van der Waals surface area contributed by atoms with Gasteiger partial charge in [-0.05, 0) is 38.7 Å². The molecule has 3 heteroatoms. The first-order chi connectivity index (χ1) is 15.8. The average Bonchev–Trinajstić information content (AvgIpc) is 2.86. The summed E-state index contributed by atoms with van der Waals surface area (Å²) in [5.74, 6) is 0. The van der Waals surface area contributed by atoms with Crippen molar-refractivity contribution in [1.82, 2.24) is 5.32 Å². The molecule has 1 N–H and O–H groups in total. The summed E-state index contributed by atoms with van der Waals surface area (Å²) in [7, 11) is 0. The quantitative estimate of drug-likeness (QED) is 0.312. The van der Waals surface area contributed by atoms with E-state index in [4.69, 9.17) is 4.74 Å². The van der Waals surface area contributed by atoms with E-state index in [1.807, 2.05) is 84.9 Å². The second-order valence-electron chi connectivity index (χ2n) is 7.77. The molecule has 1 amide bonds. The Hall–Kier alpha value is -4.11. The van der Waals surface area contributed by atoms with Crippen molar-refractivity contribution in [2.75, 3.05) is 0 Å². The van der Waals surface area contributed by atoms with Crippen molar-refractivity contribution < 1.29 is 9.53 Å². The molecule has 0 saturated heterocycles. The van der Waals surface area contributed by atoms with Crippen molar-refractivity contribution in [3.8, 4) is 0 Å². The van der Waals surface area contributed by atoms with Gasteiger partial charge in [0, 0.05) is 5.56 Å². The van der Waals surface area contributed by atoms with Crippen molar-refractivity contribution in [2.45, 2.75) is 12.6 Å². The summed E-state index contributed by atoms with van der Waals surface area (Å²) in [6.07, 6.45) is -0.445. The molecule has 0 unspecified atom stereocenters. The van der Waals surface area contributed by atoms with Crippen molar-refractivity contribution in [1.29, 1.82) is 0 Å². The minimum absolute atomic E-state index is 0.198. The van der Waals surface area contributed by atoms with Gasteiger partial charge in [0.25, 0.3) is 0 Å². The molecule has 0 bridgehead atoms. The number of carbonyl (C=O) groups is 1. The fraction of sp³-hybridized carbons (Fsp3) is 0.0690. The Morgan fingerprint density at radius 1 is 0.656 bits per heavy atom. The first kappa shape index (κ1) is 19.8. The third-order valence-corrected chi connectivity index (χ3v) is 5.76. The van der Waals surface area contributed by atoms with Gasteiger partial charge in [-0.25, -0.2) is 4.79 Å². The lowest BCUT2D eigenvalue weighted by Crippen LogP contribution is -2.29. The van der Waals surface area contributed by atoms with Crippen LogP contribution in [-0.2, 0) is 11.3 Å². The smallest absolute Gasteiger partial charge is 0.408 e. The minimum atomic E-state index is -0.445. The van der Waals surface area contributed by atoms with Crippen LogP contribution in [0.15, 0.2) is 115 Å². The highest BCUT2D eigenvalue weighted by Crippen LogP contribution is 2.29. The van der Waals surface area contributed by atoms with E-state index in [1.165, 1.54) is 0 Å². The number of hydrogen-bond acceptors (Lipinski definition) is 2. The molecular weight excluding hydrogens is 394 g/mol.